The first-order valence-electron chi connectivity index (χ1n) is 7.99. The first-order chi connectivity index (χ1) is 12.8. The Morgan fingerprint density at radius 2 is 1.59 bits per heavy atom. The van der Waals surface area contributed by atoms with Gasteiger partial charge in [0.2, 0.25) is 0 Å². The minimum absolute atomic E-state index is 0.0202. The second kappa shape index (κ2) is 6.05. The molecule has 0 amide bonds. The number of nitro groups is 1. The predicted octanol–water partition coefficient (Wildman–Crippen LogP) is 5.98. The lowest BCUT2D eigenvalue weighted by atomic mass is 9.99. The van der Waals surface area contributed by atoms with Crippen LogP contribution in [0.15, 0.2) is 66.7 Å². The van der Waals surface area contributed by atoms with E-state index in [1.807, 2.05) is 6.07 Å². The van der Waals surface area contributed by atoms with Crippen molar-refractivity contribution >= 4 is 27.4 Å². The largest absolute Gasteiger partial charge is 0.417 e. The zero-order chi connectivity index (χ0) is 19.2. The fourth-order valence-corrected chi connectivity index (χ4v) is 3.10. The summed E-state index contributed by atoms with van der Waals surface area (Å²) in [5.41, 5.74) is -0.189. The standard InChI is InChI=1S/C20H11F3N2O2/c21-20(22,23)17-11-18(13-5-8-14(9-6-13)25(26)27)24-19-15-4-2-1-3-12(15)7-10-16(17)19/h1-11H. The van der Waals surface area contributed by atoms with Gasteiger partial charge in [-0.25, -0.2) is 4.98 Å². The van der Waals surface area contributed by atoms with Gasteiger partial charge in [-0.1, -0.05) is 36.4 Å². The van der Waals surface area contributed by atoms with E-state index in [4.69, 9.17) is 0 Å². The highest BCUT2D eigenvalue weighted by molar-refractivity contribution is 6.07. The molecule has 0 saturated carbocycles. The minimum atomic E-state index is -4.56. The molecule has 0 bridgehead atoms. The van der Waals surface area contributed by atoms with E-state index < -0.39 is 16.7 Å². The summed E-state index contributed by atoms with van der Waals surface area (Å²) in [5.74, 6) is 0. The summed E-state index contributed by atoms with van der Waals surface area (Å²) in [4.78, 5) is 14.7. The van der Waals surface area contributed by atoms with Crippen LogP contribution in [0.4, 0.5) is 18.9 Å². The number of hydrogen-bond donors (Lipinski definition) is 0. The summed E-state index contributed by atoms with van der Waals surface area (Å²) in [7, 11) is 0. The van der Waals surface area contributed by atoms with E-state index in [1.165, 1.54) is 30.3 Å². The third-order valence-electron chi connectivity index (χ3n) is 4.38. The summed E-state index contributed by atoms with van der Waals surface area (Å²) < 4.78 is 41.0. The third kappa shape index (κ3) is 2.97. The number of nitrogens with zero attached hydrogens (tertiary/aromatic N) is 2. The summed E-state index contributed by atoms with van der Waals surface area (Å²) >= 11 is 0. The molecule has 0 aliphatic heterocycles. The number of halogens is 3. The Bertz CT molecular complexity index is 1190. The average molecular weight is 368 g/mol. The fraction of sp³-hybridized carbons (Fsp3) is 0.0500. The molecule has 4 nitrogen and oxygen atoms in total. The number of rotatable bonds is 2. The third-order valence-corrected chi connectivity index (χ3v) is 4.38. The zero-order valence-electron chi connectivity index (χ0n) is 13.7. The molecular formula is C20H11F3N2O2. The van der Waals surface area contributed by atoms with Gasteiger partial charge in [0.1, 0.15) is 0 Å². The topological polar surface area (TPSA) is 56.0 Å². The molecule has 0 saturated heterocycles. The molecule has 0 atom stereocenters. The maximum atomic E-state index is 13.7. The number of benzene rings is 3. The van der Waals surface area contributed by atoms with E-state index in [0.29, 0.717) is 10.9 Å². The van der Waals surface area contributed by atoms with Crippen molar-refractivity contribution in [2.75, 3.05) is 0 Å². The van der Waals surface area contributed by atoms with Crippen molar-refractivity contribution in [2.45, 2.75) is 6.18 Å². The van der Waals surface area contributed by atoms with Crippen LogP contribution >= 0.6 is 0 Å². The van der Waals surface area contributed by atoms with E-state index in [2.05, 4.69) is 4.98 Å². The van der Waals surface area contributed by atoms with Gasteiger partial charge in [-0.2, -0.15) is 13.2 Å². The fourth-order valence-electron chi connectivity index (χ4n) is 3.10. The van der Waals surface area contributed by atoms with Gasteiger partial charge in [0.15, 0.2) is 0 Å². The molecule has 134 valence electrons. The van der Waals surface area contributed by atoms with Crippen LogP contribution in [0.1, 0.15) is 5.56 Å². The van der Waals surface area contributed by atoms with Crippen molar-refractivity contribution in [1.29, 1.82) is 0 Å². The quantitative estimate of drug-likeness (QED) is 0.248. The van der Waals surface area contributed by atoms with Gasteiger partial charge in [0, 0.05) is 28.5 Å². The molecule has 0 spiro atoms. The van der Waals surface area contributed by atoms with Crippen LogP contribution in [-0.4, -0.2) is 9.91 Å². The molecule has 27 heavy (non-hydrogen) atoms. The number of pyridine rings is 1. The molecule has 0 radical (unpaired) electrons. The highest BCUT2D eigenvalue weighted by Crippen LogP contribution is 2.38. The minimum Gasteiger partial charge on any atom is -0.258 e. The molecular weight excluding hydrogens is 357 g/mol. The number of nitro benzene ring substituents is 1. The average Bonchev–Trinajstić information content (AvgIpc) is 2.66. The maximum absolute atomic E-state index is 13.7. The van der Waals surface area contributed by atoms with Crippen molar-refractivity contribution in [3.8, 4) is 11.3 Å². The first kappa shape index (κ1) is 17.0. The lowest BCUT2D eigenvalue weighted by Crippen LogP contribution is -2.07. The SMILES string of the molecule is O=[N+]([O-])c1ccc(-c2cc(C(F)(F)F)c3ccc4ccccc4c3n2)cc1. The van der Waals surface area contributed by atoms with E-state index in [1.54, 1.807) is 24.3 Å². The number of non-ortho nitro benzene ring substituents is 1. The molecule has 0 N–H and O–H groups in total. The van der Waals surface area contributed by atoms with Gasteiger partial charge in [0.25, 0.3) is 5.69 Å². The van der Waals surface area contributed by atoms with E-state index in [9.17, 15) is 23.3 Å². The molecule has 1 aromatic heterocycles. The Labute approximate surface area is 151 Å². The highest BCUT2D eigenvalue weighted by atomic mass is 19.4. The lowest BCUT2D eigenvalue weighted by Gasteiger charge is -2.14. The number of hydrogen-bond acceptors (Lipinski definition) is 3. The summed E-state index contributed by atoms with van der Waals surface area (Å²) in [6.45, 7) is 0. The van der Waals surface area contributed by atoms with Crippen LogP contribution in [0.25, 0.3) is 32.9 Å². The zero-order valence-corrected chi connectivity index (χ0v) is 13.7. The molecule has 0 aliphatic carbocycles. The molecule has 3 aromatic carbocycles. The van der Waals surface area contributed by atoms with Crippen molar-refractivity contribution < 1.29 is 18.1 Å². The Hall–Kier alpha value is -3.48. The molecule has 4 aromatic rings. The predicted molar refractivity (Wildman–Crippen MR) is 96.3 cm³/mol. The molecule has 0 fully saturated rings. The monoisotopic (exact) mass is 368 g/mol. The number of alkyl halides is 3. The second-order valence-corrected chi connectivity index (χ2v) is 6.04. The number of fused-ring (bicyclic) bond motifs is 3. The summed E-state index contributed by atoms with van der Waals surface area (Å²) in [6.07, 6.45) is -4.56. The van der Waals surface area contributed by atoms with Crippen molar-refractivity contribution in [2.24, 2.45) is 0 Å². The van der Waals surface area contributed by atoms with Crippen molar-refractivity contribution in [3.63, 3.8) is 0 Å². The van der Waals surface area contributed by atoms with Crippen LogP contribution in [-0.2, 0) is 6.18 Å². The Morgan fingerprint density at radius 3 is 2.26 bits per heavy atom. The van der Waals surface area contributed by atoms with Gasteiger partial charge >= 0.3 is 6.18 Å². The van der Waals surface area contributed by atoms with Crippen LogP contribution < -0.4 is 0 Å². The second-order valence-electron chi connectivity index (χ2n) is 6.04. The van der Waals surface area contributed by atoms with Gasteiger partial charge in [-0.3, -0.25) is 10.1 Å². The molecule has 0 unspecified atom stereocenters. The Kier molecular flexibility index (Phi) is 3.80. The van der Waals surface area contributed by atoms with E-state index in [-0.39, 0.29) is 22.3 Å². The molecule has 7 heteroatoms. The van der Waals surface area contributed by atoms with Gasteiger partial charge in [-0.15, -0.1) is 0 Å². The number of aromatic nitrogens is 1. The maximum Gasteiger partial charge on any atom is 0.417 e. The lowest BCUT2D eigenvalue weighted by molar-refractivity contribution is -0.384. The van der Waals surface area contributed by atoms with Gasteiger partial charge in [-0.05, 0) is 23.6 Å². The highest BCUT2D eigenvalue weighted by Gasteiger charge is 2.33. The summed E-state index contributed by atoms with van der Waals surface area (Å²) in [6, 6.07) is 16.4. The Morgan fingerprint density at radius 1 is 0.889 bits per heavy atom. The first-order valence-corrected chi connectivity index (χ1v) is 7.99. The van der Waals surface area contributed by atoms with E-state index in [0.717, 1.165) is 11.5 Å². The van der Waals surface area contributed by atoms with Crippen LogP contribution in [0.5, 0.6) is 0 Å². The van der Waals surface area contributed by atoms with Crippen molar-refractivity contribution in [1.82, 2.24) is 4.98 Å². The normalized spacial score (nSPS) is 11.8. The molecule has 1 heterocycles. The molecule has 0 aliphatic rings. The Balaban J connectivity index is 2.03. The molecule has 4 rings (SSSR count). The van der Waals surface area contributed by atoms with Crippen LogP contribution in [0, 0.1) is 10.1 Å². The van der Waals surface area contributed by atoms with Gasteiger partial charge < -0.3 is 0 Å². The van der Waals surface area contributed by atoms with Crippen LogP contribution in [0.3, 0.4) is 0 Å². The van der Waals surface area contributed by atoms with Gasteiger partial charge in [0.05, 0.1) is 21.7 Å². The van der Waals surface area contributed by atoms with Crippen molar-refractivity contribution in [3.05, 3.63) is 82.4 Å². The van der Waals surface area contributed by atoms with E-state index >= 15 is 0 Å². The smallest absolute Gasteiger partial charge is 0.258 e. The van der Waals surface area contributed by atoms with Crippen LogP contribution in [0.2, 0.25) is 0 Å². The summed E-state index contributed by atoms with van der Waals surface area (Å²) in [5, 5.41) is 12.2.